The summed E-state index contributed by atoms with van der Waals surface area (Å²) in [6.07, 6.45) is 13.8. The molecule has 1 saturated heterocycles. The lowest BCUT2D eigenvalue weighted by Gasteiger charge is -2.34. The van der Waals surface area contributed by atoms with Crippen LogP contribution in [-0.4, -0.2) is 37.1 Å². The second-order valence-corrected chi connectivity index (χ2v) is 10.1. The molecule has 0 aromatic heterocycles. The Kier molecular flexibility index (Phi) is 7.93. The van der Waals surface area contributed by atoms with Crippen LogP contribution in [0.25, 0.3) is 0 Å². The van der Waals surface area contributed by atoms with Crippen molar-refractivity contribution < 1.29 is 9.59 Å². The number of urea groups is 1. The van der Waals surface area contributed by atoms with Crippen LogP contribution in [0.2, 0.25) is 0 Å². The molecular formula is C26H40N4O2. The van der Waals surface area contributed by atoms with Gasteiger partial charge >= 0.3 is 6.03 Å². The number of carbonyl (C=O) groups is 2. The van der Waals surface area contributed by atoms with E-state index >= 15 is 0 Å². The van der Waals surface area contributed by atoms with Crippen LogP contribution in [-0.2, 0) is 0 Å². The average molecular weight is 441 g/mol. The van der Waals surface area contributed by atoms with Gasteiger partial charge in [-0.05, 0) is 62.6 Å². The van der Waals surface area contributed by atoms with Crippen LogP contribution in [0.3, 0.4) is 0 Å². The second-order valence-electron chi connectivity index (χ2n) is 10.1. The van der Waals surface area contributed by atoms with Crippen LogP contribution in [0, 0.1) is 5.92 Å². The van der Waals surface area contributed by atoms with Gasteiger partial charge in [0.2, 0.25) is 0 Å². The van der Waals surface area contributed by atoms with E-state index in [9.17, 15) is 9.59 Å². The van der Waals surface area contributed by atoms with E-state index in [1.165, 1.54) is 38.5 Å². The largest absolute Gasteiger partial charge is 0.371 e. The van der Waals surface area contributed by atoms with Gasteiger partial charge in [0.15, 0.2) is 0 Å². The van der Waals surface area contributed by atoms with Crippen LogP contribution in [0.1, 0.15) is 94.3 Å². The van der Waals surface area contributed by atoms with E-state index in [2.05, 4.69) is 27.8 Å². The Morgan fingerprint density at radius 3 is 2.03 bits per heavy atom. The summed E-state index contributed by atoms with van der Waals surface area (Å²) in [6.45, 7) is 4.24. The summed E-state index contributed by atoms with van der Waals surface area (Å²) in [4.78, 5) is 28.2. The Balaban J connectivity index is 1.48. The third-order valence-electron chi connectivity index (χ3n) is 7.50. The van der Waals surface area contributed by atoms with Crippen LogP contribution < -0.4 is 20.9 Å². The highest BCUT2D eigenvalue weighted by atomic mass is 16.2. The fraction of sp³-hybridized carbons (Fsp3) is 0.692. The summed E-state index contributed by atoms with van der Waals surface area (Å²) in [7, 11) is 0. The van der Waals surface area contributed by atoms with Gasteiger partial charge in [-0.25, -0.2) is 4.79 Å². The Morgan fingerprint density at radius 2 is 1.41 bits per heavy atom. The second kappa shape index (κ2) is 11.1. The summed E-state index contributed by atoms with van der Waals surface area (Å²) in [5, 5.41) is 9.36. The number of anilines is 2. The summed E-state index contributed by atoms with van der Waals surface area (Å²) >= 11 is 0. The normalized spacial score (nSPS) is 21.2. The lowest BCUT2D eigenvalue weighted by Crippen LogP contribution is -2.40. The predicted molar refractivity (Wildman–Crippen MR) is 130 cm³/mol. The predicted octanol–water partition coefficient (Wildman–Crippen LogP) is 5.44. The lowest BCUT2D eigenvalue weighted by atomic mass is 9.95. The molecule has 0 spiro atoms. The van der Waals surface area contributed by atoms with E-state index in [1.807, 2.05) is 18.2 Å². The van der Waals surface area contributed by atoms with Gasteiger partial charge in [-0.1, -0.05) is 45.4 Å². The van der Waals surface area contributed by atoms with Gasteiger partial charge in [-0.15, -0.1) is 0 Å². The van der Waals surface area contributed by atoms with Gasteiger partial charge < -0.3 is 20.9 Å². The highest BCUT2D eigenvalue weighted by Crippen LogP contribution is 2.29. The van der Waals surface area contributed by atoms with Gasteiger partial charge in [0.1, 0.15) is 0 Å². The first-order chi connectivity index (χ1) is 15.6. The number of piperidine rings is 1. The lowest BCUT2D eigenvalue weighted by molar-refractivity contribution is 0.0928. The molecule has 3 amide bonds. The van der Waals surface area contributed by atoms with Crippen LogP contribution >= 0.6 is 0 Å². The molecule has 2 saturated carbocycles. The molecule has 0 radical (unpaired) electrons. The smallest absolute Gasteiger partial charge is 0.319 e. The SMILES string of the molecule is CC1CCN(c2ccc(NC(=O)NC3CCCCC3)cc2C(=O)NC2CCCCC2)CC1. The first kappa shape index (κ1) is 22.9. The van der Waals surface area contributed by atoms with Crippen molar-refractivity contribution in [3.63, 3.8) is 0 Å². The van der Waals surface area contributed by atoms with Crippen molar-refractivity contribution >= 4 is 23.3 Å². The van der Waals surface area contributed by atoms with Crippen molar-refractivity contribution in [1.82, 2.24) is 10.6 Å². The summed E-state index contributed by atoms with van der Waals surface area (Å²) < 4.78 is 0. The highest BCUT2D eigenvalue weighted by molar-refractivity contribution is 6.02. The number of hydrogen-bond donors (Lipinski definition) is 3. The molecule has 3 fully saturated rings. The molecule has 4 rings (SSSR count). The Hall–Kier alpha value is -2.24. The molecule has 176 valence electrons. The molecule has 0 unspecified atom stereocenters. The number of hydrogen-bond acceptors (Lipinski definition) is 3. The molecule has 1 aromatic rings. The Labute approximate surface area is 192 Å². The summed E-state index contributed by atoms with van der Waals surface area (Å²) in [5.74, 6) is 0.719. The minimum atomic E-state index is -0.171. The molecule has 0 atom stereocenters. The third-order valence-corrected chi connectivity index (χ3v) is 7.50. The van der Waals surface area contributed by atoms with E-state index in [-0.39, 0.29) is 24.0 Å². The first-order valence-corrected chi connectivity index (χ1v) is 12.9. The number of nitrogens with one attached hydrogen (secondary N) is 3. The molecule has 1 aromatic carbocycles. The van der Waals surface area contributed by atoms with Gasteiger partial charge in [-0.2, -0.15) is 0 Å². The van der Waals surface area contributed by atoms with Crippen LogP contribution in [0.5, 0.6) is 0 Å². The molecule has 0 bridgehead atoms. The third kappa shape index (κ3) is 6.17. The van der Waals surface area contributed by atoms with E-state index in [4.69, 9.17) is 0 Å². The van der Waals surface area contributed by atoms with E-state index in [1.54, 1.807) is 0 Å². The van der Waals surface area contributed by atoms with Gasteiger partial charge in [-0.3, -0.25) is 4.79 Å². The molecule has 32 heavy (non-hydrogen) atoms. The van der Waals surface area contributed by atoms with Gasteiger partial charge in [0, 0.05) is 36.5 Å². The van der Waals surface area contributed by atoms with Gasteiger partial charge in [0.05, 0.1) is 5.56 Å². The minimum absolute atomic E-state index is 0.0122. The molecule has 2 aliphatic carbocycles. The fourth-order valence-electron chi connectivity index (χ4n) is 5.43. The van der Waals surface area contributed by atoms with Crippen LogP contribution in [0.4, 0.5) is 16.2 Å². The highest BCUT2D eigenvalue weighted by Gasteiger charge is 2.24. The molecule has 3 N–H and O–H groups in total. The molecule has 6 heteroatoms. The van der Waals surface area contributed by atoms with Crippen molar-refractivity contribution in [1.29, 1.82) is 0 Å². The summed E-state index contributed by atoms with van der Waals surface area (Å²) in [6, 6.07) is 6.17. The maximum absolute atomic E-state index is 13.3. The Morgan fingerprint density at radius 1 is 0.812 bits per heavy atom. The quantitative estimate of drug-likeness (QED) is 0.571. The van der Waals surface area contributed by atoms with Crippen molar-refractivity contribution in [2.45, 2.75) is 96.1 Å². The standard InChI is InChI=1S/C26H40N4O2/c1-19-14-16-30(17-15-19)24-13-12-22(29-26(32)28-21-10-6-3-7-11-21)18-23(24)25(31)27-20-8-4-2-5-9-20/h12-13,18-21H,2-11,14-17H2,1H3,(H,27,31)(H2,28,29,32). The molecule has 1 aliphatic heterocycles. The van der Waals surface area contributed by atoms with Crippen molar-refractivity contribution in [3.05, 3.63) is 23.8 Å². The molecule has 1 heterocycles. The maximum atomic E-state index is 13.3. The number of carbonyl (C=O) groups excluding carboxylic acids is 2. The first-order valence-electron chi connectivity index (χ1n) is 12.9. The zero-order valence-corrected chi connectivity index (χ0v) is 19.6. The number of amides is 3. The number of rotatable bonds is 5. The molecule has 6 nitrogen and oxygen atoms in total. The van der Waals surface area contributed by atoms with E-state index in [0.29, 0.717) is 11.3 Å². The molecular weight excluding hydrogens is 400 g/mol. The van der Waals surface area contributed by atoms with E-state index < -0.39 is 0 Å². The number of benzene rings is 1. The summed E-state index contributed by atoms with van der Waals surface area (Å²) in [5.41, 5.74) is 2.35. The van der Waals surface area contributed by atoms with Crippen molar-refractivity contribution in [3.8, 4) is 0 Å². The average Bonchev–Trinajstić information content (AvgIpc) is 2.81. The fourth-order valence-corrected chi connectivity index (χ4v) is 5.43. The van der Waals surface area contributed by atoms with E-state index in [0.717, 1.165) is 63.2 Å². The minimum Gasteiger partial charge on any atom is -0.371 e. The topological polar surface area (TPSA) is 73.5 Å². The zero-order valence-electron chi connectivity index (χ0n) is 19.6. The van der Waals surface area contributed by atoms with Crippen LogP contribution in [0.15, 0.2) is 18.2 Å². The zero-order chi connectivity index (χ0) is 22.3. The number of nitrogens with zero attached hydrogens (tertiary/aromatic N) is 1. The molecule has 3 aliphatic rings. The Bertz CT molecular complexity index is 776. The van der Waals surface area contributed by atoms with Gasteiger partial charge in [0.25, 0.3) is 5.91 Å². The van der Waals surface area contributed by atoms with Crippen molar-refractivity contribution in [2.75, 3.05) is 23.3 Å². The maximum Gasteiger partial charge on any atom is 0.319 e. The monoisotopic (exact) mass is 440 g/mol. The van der Waals surface area contributed by atoms with Crippen molar-refractivity contribution in [2.24, 2.45) is 5.92 Å².